The molecule has 0 spiro atoms. The number of aromatic amines is 1. The first-order chi connectivity index (χ1) is 5.68. The predicted octanol–water partition coefficient (Wildman–Crippen LogP) is 2.60. The molecule has 0 unspecified atom stereocenters. The molecule has 0 amide bonds. The molecular weight excluding hydrogens is 230 g/mol. The van der Waals surface area contributed by atoms with Gasteiger partial charge in [-0.05, 0) is 28.1 Å². The smallest absolute Gasteiger partial charge is 0.240 e. The molecule has 1 heterocycles. The molecule has 2 nitrogen and oxygen atoms in total. The van der Waals surface area contributed by atoms with Crippen molar-refractivity contribution in [1.82, 2.24) is 10.2 Å². The Hall–Kier alpha value is -0.970. The van der Waals surface area contributed by atoms with Gasteiger partial charge in [0, 0.05) is 0 Å². The lowest BCUT2D eigenvalue weighted by Gasteiger charge is -1.92. The van der Waals surface area contributed by atoms with Crippen LogP contribution in [0, 0.1) is 11.8 Å². The van der Waals surface area contributed by atoms with Crippen LogP contribution in [0.15, 0.2) is 16.6 Å². The first-order valence-corrected chi connectivity index (χ1v) is 3.96. The zero-order chi connectivity index (χ0) is 8.72. The van der Waals surface area contributed by atoms with Crippen molar-refractivity contribution in [2.75, 3.05) is 0 Å². The van der Waals surface area contributed by atoms with Crippen LogP contribution in [0.2, 0.25) is 0 Å². The van der Waals surface area contributed by atoms with Gasteiger partial charge in [0.2, 0.25) is 5.95 Å². The summed E-state index contributed by atoms with van der Waals surface area (Å²) in [6, 6.07) is 2.54. The number of benzene rings is 1. The molecule has 0 aliphatic heterocycles. The van der Waals surface area contributed by atoms with Crippen LogP contribution in [-0.2, 0) is 0 Å². The standard InChI is InChI=1S/C7H3BrF2N2/c8-4-2-6-3(1-5(4)9)7(10)12-11-6/h1-2H,(H,11,12). The van der Waals surface area contributed by atoms with E-state index in [1.165, 1.54) is 6.07 Å². The van der Waals surface area contributed by atoms with Gasteiger partial charge in [-0.2, -0.15) is 4.39 Å². The Morgan fingerprint density at radius 2 is 2.08 bits per heavy atom. The maximum Gasteiger partial charge on any atom is 0.240 e. The average molecular weight is 233 g/mol. The number of fused-ring (bicyclic) bond motifs is 1. The molecule has 0 aliphatic carbocycles. The van der Waals surface area contributed by atoms with Crippen molar-refractivity contribution in [2.24, 2.45) is 0 Å². The summed E-state index contributed by atoms with van der Waals surface area (Å²) in [7, 11) is 0. The van der Waals surface area contributed by atoms with Gasteiger partial charge in [0.1, 0.15) is 5.82 Å². The van der Waals surface area contributed by atoms with Crippen LogP contribution in [0.5, 0.6) is 0 Å². The fourth-order valence-corrected chi connectivity index (χ4v) is 1.32. The first-order valence-electron chi connectivity index (χ1n) is 3.17. The van der Waals surface area contributed by atoms with E-state index in [2.05, 4.69) is 26.1 Å². The molecule has 0 bridgehead atoms. The van der Waals surface area contributed by atoms with Gasteiger partial charge >= 0.3 is 0 Å². The van der Waals surface area contributed by atoms with E-state index in [1.54, 1.807) is 0 Å². The monoisotopic (exact) mass is 232 g/mol. The Morgan fingerprint density at radius 1 is 1.33 bits per heavy atom. The third kappa shape index (κ3) is 1.01. The number of aromatic nitrogens is 2. The van der Waals surface area contributed by atoms with Crippen molar-refractivity contribution >= 4 is 26.8 Å². The molecule has 1 aromatic heterocycles. The lowest BCUT2D eigenvalue weighted by Crippen LogP contribution is -1.77. The molecule has 5 heteroatoms. The average Bonchev–Trinajstić information content (AvgIpc) is 2.35. The molecule has 62 valence electrons. The van der Waals surface area contributed by atoms with Crippen LogP contribution < -0.4 is 0 Å². The number of halogens is 3. The number of nitrogens with zero attached hydrogens (tertiary/aromatic N) is 1. The summed E-state index contributed by atoms with van der Waals surface area (Å²) in [6.07, 6.45) is 0. The second kappa shape index (κ2) is 2.52. The van der Waals surface area contributed by atoms with Crippen LogP contribution in [0.1, 0.15) is 0 Å². The van der Waals surface area contributed by atoms with E-state index in [4.69, 9.17) is 0 Å². The molecule has 0 saturated heterocycles. The quantitative estimate of drug-likeness (QED) is 0.744. The topological polar surface area (TPSA) is 28.7 Å². The van der Waals surface area contributed by atoms with Crippen LogP contribution in [-0.4, -0.2) is 10.2 Å². The molecular formula is C7H3BrF2N2. The highest BCUT2D eigenvalue weighted by molar-refractivity contribution is 9.10. The highest BCUT2D eigenvalue weighted by Gasteiger charge is 2.08. The molecule has 0 aliphatic rings. The number of hydrogen-bond acceptors (Lipinski definition) is 1. The van der Waals surface area contributed by atoms with Crippen molar-refractivity contribution in [1.29, 1.82) is 0 Å². The van der Waals surface area contributed by atoms with E-state index in [-0.39, 0.29) is 5.39 Å². The Balaban J connectivity index is 2.87. The van der Waals surface area contributed by atoms with Gasteiger partial charge in [0.25, 0.3) is 0 Å². The largest absolute Gasteiger partial charge is 0.275 e. The second-order valence-electron chi connectivity index (χ2n) is 2.33. The van der Waals surface area contributed by atoms with Crippen molar-refractivity contribution in [2.45, 2.75) is 0 Å². The molecule has 2 aromatic rings. The van der Waals surface area contributed by atoms with E-state index >= 15 is 0 Å². The van der Waals surface area contributed by atoms with Crippen LogP contribution in [0.4, 0.5) is 8.78 Å². The molecule has 12 heavy (non-hydrogen) atoms. The Bertz CT molecular complexity index is 438. The predicted molar refractivity (Wildman–Crippen MR) is 43.7 cm³/mol. The summed E-state index contributed by atoms with van der Waals surface area (Å²) >= 11 is 2.98. The zero-order valence-corrected chi connectivity index (χ0v) is 7.32. The van der Waals surface area contributed by atoms with Crippen LogP contribution in [0.25, 0.3) is 10.9 Å². The summed E-state index contributed by atoms with van der Waals surface area (Å²) < 4.78 is 25.9. The Morgan fingerprint density at radius 3 is 2.83 bits per heavy atom. The van der Waals surface area contributed by atoms with Gasteiger partial charge in [0.15, 0.2) is 0 Å². The fourth-order valence-electron chi connectivity index (χ4n) is 0.980. The highest BCUT2D eigenvalue weighted by Crippen LogP contribution is 2.22. The summed E-state index contributed by atoms with van der Waals surface area (Å²) in [6.45, 7) is 0. The van der Waals surface area contributed by atoms with Gasteiger partial charge in [0.05, 0.1) is 15.4 Å². The normalized spacial score (nSPS) is 10.9. The van der Waals surface area contributed by atoms with Gasteiger partial charge in [-0.3, -0.25) is 5.10 Å². The van der Waals surface area contributed by atoms with Gasteiger partial charge in [-0.15, -0.1) is 5.10 Å². The van der Waals surface area contributed by atoms with E-state index in [0.29, 0.717) is 9.99 Å². The minimum absolute atomic E-state index is 0.163. The Kier molecular flexibility index (Phi) is 1.61. The molecule has 0 fully saturated rings. The summed E-state index contributed by atoms with van der Waals surface area (Å²) in [5.41, 5.74) is 0.473. The lowest BCUT2D eigenvalue weighted by atomic mass is 10.2. The summed E-state index contributed by atoms with van der Waals surface area (Å²) in [5, 5.41) is 5.90. The van der Waals surface area contributed by atoms with Gasteiger partial charge < -0.3 is 0 Å². The summed E-state index contributed by atoms with van der Waals surface area (Å²) in [5.74, 6) is -1.18. The third-order valence-electron chi connectivity index (χ3n) is 1.56. The van der Waals surface area contributed by atoms with E-state index in [1.807, 2.05) is 0 Å². The minimum Gasteiger partial charge on any atom is -0.275 e. The maximum atomic E-state index is 12.9. The zero-order valence-electron chi connectivity index (χ0n) is 5.74. The SMILES string of the molecule is Fc1cc2c(F)n[nH]c2cc1Br. The second-order valence-corrected chi connectivity index (χ2v) is 3.18. The molecule has 1 N–H and O–H groups in total. The van der Waals surface area contributed by atoms with Crippen molar-refractivity contribution in [3.63, 3.8) is 0 Å². The molecule has 2 rings (SSSR count). The van der Waals surface area contributed by atoms with E-state index in [9.17, 15) is 8.78 Å². The van der Waals surface area contributed by atoms with Crippen molar-refractivity contribution < 1.29 is 8.78 Å². The van der Waals surface area contributed by atoms with E-state index < -0.39 is 11.8 Å². The van der Waals surface area contributed by atoms with Crippen LogP contribution in [0.3, 0.4) is 0 Å². The third-order valence-corrected chi connectivity index (χ3v) is 2.16. The van der Waals surface area contributed by atoms with E-state index in [0.717, 1.165) is 6.07 Å². The number of hydrogen-bond donors (Lipinski definition) is 1. The number of nitrogens with one attached hydrogen (secondary N) is 1. The number of rotatable bonds is 0. The van der Waals surface area contributed by atoms with Crippen molar-refractivity contribution in [3.05, 3.63) is 28.4 Å². The molecule has 0 radical (unpaired) electrons. The lowest BCUT2D eigenvalue weighted by molar-refractivity contribution is 0.586. The first kappa shape index (κ1) is 7.67. The fraction of sp³-hybridized carbons (Fsp3) is 0. The Labute approximate surface area is 74.7 Å². The number of H-pyrrole nitrogens is 1. The minimum atomic E-state index is -0.684. The molecule has 0 atom stereocenters. The summed E-state index contributed by atoms with van der Waals surface area (Å²) in [4.78, 5) is 0. The van der Waals surface area contributed by atoms with Crippen LogP contribution >= 0.6 is 15.9 Å². The molecule has 1 aromatic carbocycles. The van der Waals surface area contributed by atoms with Gasteiger partial charge in [-0.1, -0.05) is 0 Å². The molecule has 0 saturated carbocycles. The highest BCUT2D eigenvalue weighted by atomic mass is 79.9. The van der Waals surface area contributed by atoms with Gasteiger partial charge in [-0.25, -0.2) is 4.39 Å². The maximum absolute atomic E-state index is 12.9. The van der Waals surface area contributed by atoms with Crippen molar-refractivity contribution in [3.8, 4) is 0 Å².